The number of methoxy groups -OCH3 is 1. The fourth-order valence-electron chi connectivity index (χ4n) is 1.29. The molecule has 0 atom stereocenters. The molecule has 0 spiro atoms. The number of aliphatic hydroxyl groups is 1. The maximum atomic E-state index is 13.4. The summed E-state index contributed by atoms with van der Waals surface area (Å²) in [5.74, 6) is -0.390. The van der Waals surface area contributed by atoms with Gasteiger partial charge in [-0.15, -0.1) is 0 Å². The predicted octanol–water partition coefficient (Wildman–Crippen LogP) is 1.36. The molecule has 0 aliphatic carbocycles. The van der Waals surface area contributed by atoms with Crippen molar-refractivity contribution in [1.82, 2.24) is 0 Å². The second-order valence-corrected chi connectivity index (χ2v) is 3.34. The summed E-state index contributed by atoms with van der Waals surface area (Å²) < 4.78 is 28.6. The minimum absolute atomic E-state index is 0.0883. The molecule has 1 aromatic carbocycles. The summed E-state index contributed by atoms with van der Waals surface area (Å²) in [5, 5.41) is 9.02. The van der Waals surface area contributed by atoms with Crippen molar-refractivity contribution in [1.29, 1.82) is 0 Å². The number of rotatable bonds is 8. The number of aliphatic hydroxyl groups excluding tert-OH is 1. The number of hydrogen-bond acceptors (Lipinski definition) is 4. The smallest absolute Gasteiger partial charge is 0.165 e. The van der Waals surface area contributed by atoms with Gasteiger partial charge in [0.15, 0.2) is 11.6 Å². The molecule has 0 aliphatic heterocycles. The van der Waals surface area contributed by atoms with E-state index >= 15 is 0 Å². The van der Waals surface area contributed by atoms with E-state index in [9.17, 15) is 4.39 Å². The Labute approximate surface area is 99.9 Å². The number of ether oxygens (including phenoxy) is 3. The fraction of sp³-hybridized carbons (Fsp3) is 0.500. The van der Waals surface area contributed by atoms with Gasteiger partial charge in [-0.25, -0.2) is 4.39 Å². The third kappa shape index (κ3) is 4.68. The quantitative estimate of drug-likeness (QED) is 0.701. The Morgan fingerprint density at radius 2 is 1.94 bits per heavy atom. The lowest BCUT2D eigenvalue weighted by Crippen LogP contribution is -2.11. The number of para-hydroxylation sites is 1. The Bertz CT molecular complexity index is 330. The van der Waals surface area contributed by atoms with Crippen molar-refractivity contribution in [2.45, 2.75) is 6.61 Å². The van der Waals surface area contributed by atoms with E-state index in [2.05, 4.69) is 0 Å². The lowest BCUT2D eigenvalue weighted by atomic mass is 10.2. The Morgan fingerprint density at radius 1 is 1.18 bits per heavy atom. The summed E-state index contributed by atoms with van der Waals surface area (Å²) >= 11 is 0. The van der Waals surface area contributed by atoms with Gasteiger partial charge >= 0.3 is 0 Å². The van der Waals surface area contributed by atoms with E-state index in [0.29, 0.717) is 25.4 Å². The van der Waals surface area contributed by atoms with E-state index < -0.39 is 5.82 Å². The predicted molar refractivity (Wildman–Crippen MR) is 60.5 cm³/mol. The number of halogens is 1. The molecule has 1 rings (SSSR count). The highest BCUT2D eigenvalue weighted by molar-refractivity contribution is 5.34. The lowest BCUT2D eigenvalue weighted by Gasteiger charge is -2.11. The third-order valence-corrected chi connectivity index (χ3v) is 2.12. The molecule has 0 heterocycles. The van der Waals surface area contributed by atoms with Crippen molar-refractivity contribution in [2.75, 3.05) is 33.5 Å². The van der Waals surface area contributed by atoms with Gasteiger partial charge < -0.3 is 19.3 Å². The van der Waals surface area contributed by atoms with Crippen LogP contribution in [0.4, 0.5) is 4.39 Å². The van der Waals surface area contributed by atoms with E-state index in [1.54, 1.807) is 13.2 Å². The van der Waals surface area contributed by atoms with Crippen molar-refractivity contribution >= 4 is 0 Å². The second-order valence-electron chi connectivity index (χ2n) is 3.34. The molecule has 1 aromatic rings. The SMILES string of the molecule is COCCOCCOc1c(F)cccc1CO. The summed E-state index contributed by atoms with van der Waals surface area (Å²) in [6.07, 6.45) is 0. The standard InChI is InChI=1S/C12H17FO4/c1-15-5-6-16-7-8-17-12-10(9-14)3-2-4-11(12)13/h2-4,14H,5-9H2,1H3. The largest absolute Gasteiger partial charge is 0.488 e. The van der Waals surface area contributed by atoms with Gasteiger partial charge in [-0.05, 0) is 6.07 Å². The summed E-state index contributed by atoms with van der Waals surface area (Å²) in [6, 6.07) is 4.44. The molecule has 0 aromatic heterocycles. The Balaban J connectivity index is 2.35. The average molecular weight is 244 g/mol. The third-order valence-electron chi connectivity index (χ3n) is 2.12. The minimum atomic E-state index is -0.478. The topological polar surface area (TPSA) is 47.9 Å². The molecule has 0 radical (unpaired) electrons. The molecule has 0 saturated heterocycles. The molecule has 17 heavy (non-hydrogen) atoms. The van der Waals surface area contributed by atoms with E-state index in [4.69, 9.17) is 19.3 Å². The molecule has 0 saturated carbocycles. The van der Waals surface area contributed by atoms with Gasteiger partial charge in [-0.3, -0.25) is 0 Å². The summed E-state index contributed by atoms with van der Waals surface area (Å²) in [6.45, 7) is 1.32. The highest BCUT2D eigenvalue weighted by Gasteiger charge is 2.08. The monoisotopic (exact) mass is 244 g/mol. The van der Waals surface area contributed by atoms with E-state index in [0.717, 1.165) is 0 Å². The van der Waals surface area contributed by atoms with Crippen LogP contribution in [0.15, 0.2) is 18.2 Å². The lowest BCUT2D eigenvalue weighted by molar-refractivity contribution is 0.0534. The van der Waals surface area contributed by atoms with Crippen LogP contribution in [0, 0.1) is 5.82 Å². The van der Waals surface area contributed by atoms with Crippen LogP contribution in [0.3, 0.4) is 0 Å². The molecule has 0 bridgehead atoms. The zero-order valence-electron chi connectivity index (χ0n) is 9.82. The molecule has 5 heteroatoms. The van der Waals surface area contributed by atoms with Crippen LogP contribution in [0.5, 0.6) is 5.75 Å². The Kier molecular flexibility index (Phi) is 6.54. The molecule has 0 fully saturated rings. The van der Waals surface area contributed by atoms with Gasteiger partial charge in [0.1, 0.15) is 6.61 Å². The van der Waals surface area contributed by atoms with E-state index in [1.165, 1.54) is 12.1 Å². The molecule has 96 valence electrons. The second kappa shape index (κ2) is 8.00. The first-order valence-electron chi connectivity index (χ1n) is 5.37. The van der Waals surface area contributed by atoms with Gasteiger partial charge in [-0.2, -0.15) is 0 Å². The normalized spacial score (nSPS) is 10.5. The first-order valence-corrected chi connectivity index (χ1v) is 5.37. The van der Waals surface area contributed by atoms with Gasteiger partial charge in [0.25, 0.3) is 0 Å². The zero-order chi connectivity index (χ0) is 12.5. The van der Waals surface area contributed by atoms with Crippen molar-refractivity contribution < 1.29 is 23.7 Å². The maximum absolute atomic E-state index is 13.4. The summed E-state index contributed by atoms with van der Waals surface area (Å²) in [5.41, 5.74) is 0.432. The van der Waals surface area contributed by atoms with Gasteiger partial charge in [0, 0.05) is 12.7 Å². The maximum Gasteiger partial charge on any atom is 0.165 e. The minimum Gasteiger partial charge on any atom is -0.488 e. The molecule has 4 nitrogen and oxygen atoms in total. The molecule has 0 amide bonds. The summed E-state index contributed by atoms with van der Waals surface area (Å²) in [7, 11) is 1.59. The van der Waals surface area contributed by atoms with Crippen LogP contribution in [-0.2, 0) is 16.1 Å². The van der Waals surface area contributed by atoms with Gasteiger partial charge in [0.05, 0.1) is 26.4 Å². The number of hydrogen-bond donors (Lipinski definition) is 1. The molecule has 1 N–H and O–H groups in total. The van der Waals surface area contributed by atoms with Crippen LogP contribution in [0.2, 0.25) is 0 Å². The highest BCUT2D eigenvalue weighted by atomic mass is 19.1. The molecule has 0 unspecified atom stereocenters. The average Bonchev–Trinajstić information content (AvgIpc) is 2.35. The van der Waals surface area contributed by atoms with Crippen molar-refractivity contribution in [2.24, 2.45) is 0 Å². The Morgan fingerprint density at radius 3 is 2.65 bits per heavy atom. The van der Waals surface area contributed by atoms with Crippen molar-refractivity contribution in [3.8, 4) is 5.75 Å². The zero-order valence-corrected chi connectivity index (χ0v) is 9.82. The van der Waals surface area contributed by atoms with Crippen molar-refractivity contribution in [3.63, 3.8) is 0 Å². The van der Waals surface area contributed by atoms with Crippen LogP contribution >= 0.6 is 0 Å². The van der Waals surface area contributed by atoms with Crippen LogP contribution in [-0.4, -0.2) is 38.6 Å². The highest BCUT2D eigenvalue weighted by Crippen LogP contribution is 2.22. The fourth-order valence-corrected chi connectivity index (χ4v) is 1.29. The van der Waals surface area contributed by atoms with Gasteiger partial charge in [0.2, 0.25) is 0 Å². The number of benzene rings is 1. The molecular weight excluding hydrogens is 227 g/mol. The van der Waals surface area contributed by atoms with Crippen LogP contribution in [0.1, 0.15) is 5.56 Å². The van der Waals surface area contributed by atoms with Crippen LogP contribution in [0.25, 0.3) is 0 Å². The summed E-state index contributed by atoms with van der Waals surface area (Å²) in [4.78, 5) is 0. The van der Waals surface area contributed by atoms with Crippen molar-refractivity contribution in [3.05, 3.63) is 29.6 Å². The Hall–Kier alpha value is -1.17. The van der Waals surface area contributed by atoms with Gasteiger partial charge in [-0.1, -0.05) is 12.1 Å². The first-order chi connectivity index (χ1) is 8.29. The van der Waals surface area contributed by atoms with Crippen LogP contribution < -0.4 is 4.74 Å². The first kappa shape index (κ1) is 13.9. The van der Waals surface area contributed by atoms with E-state index in [-0.39, 0.29) is 19.0 Å². The molecule has 0 aliphatic rings. The molecular formula is C12H17FO4. The van der Waals surface area contributed by atoms with E-state index in [1.807, 2.05) is 0 Å².